The second-order valence-electron chi connectivity index (χ2n) is 7.67. The lowest BCUT2D eigenvalue weighted by molar-refractivity contribution is 0.162. The highest BCUT2D eigenvalue weighted by atomic mass is 15.3. The molecule has 0 spiro atoms. The van der Waals surface area contributed by atoms with E-state index < -0.39 is 0 Å². The third kappa shape index (κ3) is 4.23. The summed E-state index contributed by atoms with van der Waals surface area (Å²) in [7, 11) is 0. The molecule has 4 heteroatoms. The van der Waals surface area contributed by atoms with Gasteiger partial charge in [0.2, 0.25) is 0 Å². The smallest absolute Gasteiger partial charge is 0.132 e. The second kappa shape index (κ2) is 7.16. The number of hydrogen-bond acceptors (Lipinski definition) is 4. The monoisotopic (exact) mass is 316 g/mol. The van der Waals surface area contributed by atoms with E-state index in [1.165, 1.54) is 32.4 Å². The van der Waals surface area contributed by atoms with E-state index in [-0.39, 0.29) is 0 Å². The number of rotatable bonds is 5. The van der Waals surface area contributed by atoms with Crippen LogP contribution >= 0.6 is 0 Å². The van der Waals surface area contributed by atoms with Crippen molar-refractivity contribution in [2.24, 2.45) is 11.8 Å². The summed E-state index contributed by atoms with van der Waals surface area (Å²) in [5.74, 6) is 3.69. The lowest BCUT2D eigenvalue weighted by Gasteiger charge is -2.35. The molecule has 2 heterocycles. The van der Waals surface area contributed by atoms with Gasteiger partial charge in [-0.3, -0.25) is 4.90 Å². The van der Waals surface area contributed by atoms with E-state index in [4.69, 9.17) is 4.98 Å². The Morgan fingerprint density at radius 1 is 1.22 bits per heavy atom. The predicted octanol–water partition coefficient (Wildman–Crippen LogP) is 3.29. The number of aromatic nitrogens is 2. The van der Waals surface area contributed by atoms with Gasteiger partial charge in [-0.1, -0.05) is 20.8 Å². The fourth-order valence-electron chi connectivity index (χ4n) is 3.72. The molecule has 1 aromatic rings. The van der Waals surface area contributed by atoms with Crippen molar-refractivity contribution in [2.75, 3.05) is 31.1 Å². The van der Waals surface area contributed by atoms with Gasteiger partial charge in [-0.25, -0.2) is 9.97 Å². The number of nitrogens with zero attached hydrogens (tertiary/aromatic N) is 4. The van der Waals surface area contributed by atoms with Gasteiger partial charge in [0.05, 0.1) is 0 Å². The summed E-state index contributed by atoms with van der Waals surface area (Å²) in [4.78, 5) is 14.5. The van der Waals surface area contributed by atoms with Crippen molar-refractivity contribution in [1.29, 1.82) is 0 Å². The summed E-state index contributed by atoms with van der Waals surface area (Å²) in [5, 5.41) is 0. The van der Waals surface area contributed by atoms with Gasteiger partial charge < -0.3 is 4.90 Å². The van der Waals surface area contributed by atoms with Gasteiger partial charge in [0, 0.05) is 44.0 Å². The van der Waals surface area contributed by atoms with Gasteiger partial charge >= 0.3 is 0 Å². The Hall–Kier alpha value is -1.16. The van der Waals surface area contributed by atoms with E-state index in [2.05, 4.69) is 41.6 Å². The Morgan fingerprint density at radius 2 is 2.00 bits per heavy atom. The largest absolute Gasteiger partial charge is 0.355 e. The third-order valence-electron chi connectivity index (χ3n) is 5.27. The van der Waals surface area contributed by atoms with Gasteiger partial charge in [0.15, 0.2) is 0 Å². The van der Waals surface area contributed by atoms with E-state index >= 15 is 0 Å². The molecule has 1 aliphatic heterocycles. The number of aryl methyl sites for hydroxylation is 2. The van der Waals surface area contributed by atoms with Crippen LogP contribution in [0.25, 0.3) is 0 Å². The highest BCUT2D eigenvalue weighted by molar-refractivity contribution is 5.40. The van der Waals surface area contributed by atoms with E-state index in [9.17, 15) is 0 Å². The summed E-state index contributed by atoms with van der Waals surface area (Å²) in [6.07, 6.45) is 5.10. The maximum atomic E-state index is 4.74. The summed E-state index contributed by atoms with van der Waals surface area (Å²) in [6, 6.07) is 2.83. The zero-order valence-electron chi connectivity index (χ0n) is 15.3. The fraction of sp³-hybridized carbons (Fsp3) is 0.789. The van der Waals surface area contributed by atoms with Crippen molar-refractivity contribution in [3.8, 4) is 0 Å². The van der Waals surface area contributed by atoms with Crippen LogP contribution in [0.5, 0.6) is 0 Å². The minimum absolute atomic E-state index is 0.637. The molecule has 1 aliphatic carbocycles. The van der Waals surface area contributed by atoms with Crippen molar-refractivity contribution in [3.63, 3.8) is 0 Å². The number of hydrogen-bond donors (Lipinski definition) is 0. The molecule has 1 atom stereocenters. The summed E-state index contributed by atoms with van der Waals surface area (Å²) >= 11 is 0. The molecule has 0 aromatic carbocycles. The van der Waals surface area contributed by atoms with Crippen LogP contribution < -0.4 is 4.90 Å². The first-order valence-electron chi connectivity index (χ1n) is 9.40. The van der Waals surface area contributed by atoms with Crippen LogP contribution in [0.15, 0.2) is 6.07 Å². The van der Waals surface area contributed by atoms with Crippen LogP contribution in [0.1, 0.15) is 51.6 Å². The molecule has 1 saturated carbocycles. The minimum Gasteiger partial charge on any atom is -0.355 e. The molecule has 128 valence electrons. The van der Waals surface area contributed by atoms with Crippen LogP contribution in [-0.4, -0.2) is 47.1 Å². The average molecular weight is 316 g/mol. The second-order valence-corrected chi connectivity index (χ2v) is 7.67. The van der Waals surface area contributed by atoms with E-state index in [0.717, 1.165) is 42.8 Å². The van der Waals surface area contributed by atoms with Crippen LogP contribution in [0.2, 0.25) is 0 Å². The lowest BCUT2D eigenvalue weighted by Crippen LogP contribution is -2.45. The van der Waals surface area contributed by atoms with Gasteiger partial charge in [-0.2, -0.15) is 0 Å². The average Bonchev–Trinajstić information content (AvgIpc) is 3.33. The van der Waals surface area contributed by atoms with E-state index in [0.29, 0.717) is 12.0 Å². The Kier molecular flexibility index (Phi) is 5.20. The Bertz CT molecular complexity index is 524. The van der Waals surface area contributed by atoms with Crippen molar-refractivity contribution < 1.29 is 0 Å². The molecule has 0 N–H and O–H groups in total. The molecule has 0 radical (unpaired) electrons. The molecular formula is C19H32N4. The molecule has 23 heavy (non-hydrogen) atoms. The SMILES string of the molecule is CCc1cc(N2CCCN(CC3CC3)C(C(C)C)C2)nc(C)n1. The van der Waals surface area contributed by atoms with Crippen LogP contribution in [0.4, 0.5) is 5.82 Å². The van der Waals surface area contributed by atoms with Gasteiger partial charge in [0.25, 0.3) is 0 Å². The van der Waals surface area contributed by atoms with Crippen LogP contribution in [0, 0.1) is 18.8 Å². The first kappa shape index (κ1) is 16.7. The standard InChI is InChI=1S/C19H32N4/c1-5-17-11-19(21-15(4)20-17)23-10-6-9-22(12-16-7-8-16)18(13-23)14(2)3/h11,14,16,18H,5-10,12-13H2,1-4H3. The highest BCUT2D eigenvalue weighted by Gasteiger charge is 2.32. The lowest BCUT2D eigenvalue weighted by atomic mass is 10.0. The molecule has 4 nitrogen and oxygen atoms in total. The zero-order valence-corrected chi connectivity index (χ0v) is 15.3. The molecule has 0 amide bonds. The third-order valence-corrected chi connectivity index (χ3v) is 5.27. The molecule has 2 aliphatic rings. The van der Waals surface area contributed by atoms with Gasteiger partial charge in [-0.05, 0) is 44.4 Å². The van der Waals surface area contributed by atoms with Crippen molar-refractivity contribution in [3.05, 3.63) is 17.6 Å². The van der Waals surface area contributed by atoms with Crippen LogP contribution in [-0.2, 0) is 6.42 Å². The van der Waals surface area contributed by atoms with Crippen molar-refractivity contribution >= 4 is 5.82 Å². The topological polar surface area (TPSA) is 32.3 Å². The van der Waals surface area contributed by atoms with E-state index in [1.807, 2.05) is 6.92 Å². The fourth-order valence-corrected chi connectivity index (χ4v) is 3.72. The zero-order chi connectivity index (χ0) is 16.4. The quantitative estimate of drug-likeness (QED) is 0.834. The minimum atomic E-state index is 0.637. The number of anilines is 1. The van der Waals surface area contributed by atoms with Crippen molar-refractivity contribution in [2.45, 2.75) is 59.4 Å². The molecule has 3 rings (SSSR count). The molecule has 1 aromatic heterocycles. The first-order chi connectivity index (χ1) is 11.1. The Balaban J connectivity index is 1.78. The molecular weight excluding hydrogens is 284 g/mol. The van der Waals surface area contributed by atoms with E-state index in [1.54, 1.807) is 0 Å². The Labute approximate surface area is 141 Å². The van der Waals surface area contributed by atoms with Crippen molar-refractivity contribution in [1.82, 2.24) is 14.9 Å². The maximum Gasteiger partial charge on any atom is 0.132 e. The predicted molar refractivity (Wildman–Crippen MR) is 95.9 cm³/mol. The van der Waals surface area contributed by atoms with Gasteiger partial charge in [-0.15, -0.1) is 0 Å². The molecule has 0 bridgehead atoms. The van der Waals surface area contributed by atoms with Gasteiger partial charge in [0.1, 0.15) is 11.6 Å². The summed E-state index contributed by atoms with van der Waals surface area (Å²) < 4.78 is 0. The van der Waals surface area contributed by atoms with Crippen LogP contribution in [0.3, 0.4) is 0 Å². The first-order valence-corrected chi connectivity index (χ1v) is 9.40. The normalized spacial score (nSPS) is 23.3. The molecule has 1 saturated heterocycles. The molecule has 2 fully saturated rings. The summed E-state index contributed by atoms with van der Waals surface area (Å²) in [5.41, 5.74) is 1.16. The summed E-state index contributed by atoms with van der Waals surface area (Å²) in [6.45, 7) is 13.7. The molecule has 1 unspecified atom stereocenters. The maximum absolute atomic E-state index is 4.74. The highest BCUT2D eigenvalue weighted by Crippen LogP contribution is 2.32. The Morgan fingerprint density at radius 3 is 2.65 bits per heavy atom.